The smallest absolute Gasteiger partial charge is 0.309 e. The van der Waals surface area contributed by atoms with E-state index in [0.29, 0.717) is 0 Å². The molecule has 0 bridgehead atoms. The van der Waals surface area contributed by atoms with Gasteiger partial charge in [-0.25, -0.2) is 0 Å². The van der Waals surface area contributed by atoms with Crippen LogP contribution in [0.1, 0.15) is 34.1 Å². The molecule has 124 valence electrons. The summed E-state index contributed by atoms with van der Waals surface area (Å²) < 4.78 is 16.0. The highest BCUT2D eigenvalue weighted by atomic mass is 16.6. The van der Waals surface area contributed by atoms with E-state index in [9.17, 15) is 19.5 Å². The highest BCUT2D eigenvalue weighted by Crippen LogP contribution is 2.44. The van der Waals surface area contributed by atoms with Gasteiger partial charge in [-0.3, -0.25) is 14.4 Å². The van der Waals surface area contributed by atoms with E-state index in [4.69, 9.17) is 14.2 Å². The fourth-order valence-electron chi connectivity index (χ4n) is 3.63. The second kappa shape index (κ2) is 4.91. The van der Waals surface area contributed by atoms with E-state index in [2.05, 4.69) is 0 Å². The summed E-state index contributed by atoms with van der Waals surface area (Å²) in [5, 5.41) is 9.91. The van der Waals surface area contributed by atoms with Gasteiger partial charge >= 0.3 is 5.97 Å². The van der Waals surface area contributed by atoms with Crippen LogP contribution < -0.4 is 4.74 Å². The molecule has 4 rings (SSSR count). The lowest BCUT2D eigenvalue weighted by atomic mass is 9.77. The van der Waals surface area contributed by atoms with Crippen LogP contribution in [0, 0.1) is 0 Å². The molecule has 2 heterocycles. The van der Waals surface area contributed by atoms with Gasteiger partial charge < -0.3 is 19.3 Å². The van der Waals surface area contributed by atoms with Gasteiger partial charge in [0, 0.05) is 11.1 Å². The standard InChI is InChI=1S/C17H14O7/c1-6-11-13(17-9(23-6)5-10(19)24-17)14(20)7-3-4-8(18)16(22-2)12(7)15(11)21/h3-4,6,9,17-18H,5H2,1-2H3/t6?,9-,17?/m1/s1. The van der Waals surface area contributed by atoms with Crippen molar-refractivity contribution in [2.45, 2.75) is 31.7 Å². The number of carbonyl (C=O) groups excluding carboxylic acids is 3. The lowest BCUT2D eigenvalue weighted by molar-refractivity contribution is -0.140. The SMILES string of the molecule is COc1c(O)ccc2c1C(=O)C1=C(C2=O)C2OC(=O)C[C@H]2OC1C. The number of hydrogen-bond acceptors (Lipinski definition) is 7. The number of Topliss-reactive ketones (excluding diaryl/α,β-unsaturated/α-hetero) is 2. The maximum absolute atomic E-state index is 13.0. The summed E-state index contributed by atoms with van der Waals surface area (Å²) in [6, 6.07) is 2.68. The zero-order chi connectivity index (χ0) is 17.2. The molecular weight excluding hydrogens is 316 g/mol. The van der Waals surface area contributed by atoms with Crippen LogP contribution in [-0.4, -0.2) is 48.1 Å². The monoisotopic (exact) mass is 330 g/mol. The number of esters is 1. The molecule has 1 aromatic carbocycles. The van der Waals surface area contributed by atoms with E-state index in [-0.39, 0.29) is 40.2 Å². The van der Waals surface area contributed by atoms with Crippen LogP contribution in [0.2, 0.25) is 0 Å². The zero-order valence-corrected chi connectivity index (χ0v) is 13.0. The van der Waals surface area contributed by atoms with Crippen molar-refractivity contribution < 1.29 is 33.7 Å². The first kappa shape index (κ1) is 14.9. The lowest BCUT2D eigenvalue weighted by Crippen LogP contribution is -2.44. The van der Waals surface area contributed by atoms with E-state index in [1.807, 2.05) is 0 Å². The number of fused-ring (bicyclic) bond motifs is 3. The predicted octanol–water partition coefficient (Wildman–Crippen LogP) is 1.18. The summed E-state index contributed by atoms with van der Waals surface area (Å²) in [7, 11) is 1.31. The topological polar surface area (TPSA) is 99.1 Å². The van der Waals surface area contributed by atoms with Crippen molar-refractivity contribution in [3.05, 3.63) is 34.4 Å². The number of carbonyl (C=O) groups is 3. The molecule has 2 aliphatic heterocycles. The Balaban J connectivity index is 1.95. The minimum atomic E-state index is -0.868. The number of phenols is 1. The molecule has 1 saturated heterocycles. The quantitative estimate of drug-likeness (QED) is 0.772. The number of hydrogen-bond donors (Lipinski definition) is 1. The molecule has 1 N–H and O–H groups in total. The normalized spacial score (nSPS) is 28.2. The molecule has 0 saturated carbocycles. The summed E-state index contributed by atoms with van der Waals surface area (Å²) in [6.07, 6.45) is -2.04. The summed E-state index contributed by atoms with van der Waals surface area (Å²) in [6.45, 7) is 1.65. The van der Waals surface area contributed by atoms with E-state index in [1.165, 1.54) is 19.2 Å². The first-order valence-corrected chi connectivity index (χ1v) is 7.52. The summed E-state index contributed by atoms with van der Waals surface area (Å²) >= 11 is 0. The molecule has 24 heavy (non-hydrogen) atoms. The highest BCUT2D eigenvalue weighted by molar-refractivity contribution is 6.29. The molecule has 1 fully saturated rings. The Labute approximate surface area is 136 Å². The van der Waals surface area contributed by atoms with Gasteiger partial charge in [-0.05, 0) is 19.1 Å². The molecule has 2 unspecified atom stereocenters. The van der Waals surface area contributed by atoms with Crippen LogP contribution in [0.25, 0.3) is 0 Å². The molecule has 1 aliphatic carbocycles. The second-order valence-electron chi connectivity index (χ2n) is 5.96. The Hall–Kier alpha value is -2.67. The molecule has 3 atom stereocenters. The van der Waals surface area contributed by atoms with Crippen molar-refractivity contribution in [1.82, 2.24) is 0 Å². The highest BCUT2D eigenvalue weighted by Gasteiger charge is 2.51. The van der Waals surface area contributed by atoms with Gasteiger partial charge in [0.05, 0.1) is 30.8 Å². The minimum absolute atomic E-state index is 0.0134. The molecule has 7 nitrogen and oxygen atoms in total. The summed E-state index contributed by atoms with van der Waals surface area (Å²) in [4.78, 5) is 37.6. The van der Waals surface area contributed by atoms with Gasteiger partial charge in [0.1, 0.15) is 6.10 Å². The lowest BCUT2D eigenvalue weighted by Gasteiger charge is -2.35. The van der Waals surface area contributed by atoms with Crippen molar-refractivity contribution >= 4 is 17.5 Å². The maximum Gasteiger partial charge on any atom is 0.309 e. The van der Waals surface area contributed by atoms with Crippen LogP contribution in [0.4, 0.5) is 0 Å². The molecule has 0 amide bonds. The summed E-state index contributed by atoms with van der Waals surface area (Å²) in [5.74, 6) is -1.59. The average Bonchev–Trinajstić information content (AvgIpc) is 2.90. The number of ether oxygens (including phenoxy) is 3. The molecule has 3 aliphatic rings. The number of benzene rings is 1. The molecule has 1 aromatic rings. The number of aromatic hydroxyl groups is 1. The van der Waals surface area contributed by atoms with Crippen LogP contribution in [0.3, 0.4) is 0 Å². The Morgan fingerprint density at radius 2 is 1.92 bits per heavy atom. The van der Waals surface area contributed by atoms with Crippen molar-refractivity contribution in [3.8, 4) is 11.5 Å². The third kappa shape index (κ3) is 1.78. The fourth-order valence-corrected chi connectivity index (χ4v) is 3.63. The van der Waals surface area contributed by atoms with Crippen LogP contribution in [0.5, 0.6) is 11.5 Å². The second-order valence-corrected chi connectivity index (χ2v) is 5.96. The van der Waals surface area contributed by atoms with Gasteiger partial charge in [-0.2, -0.15) is 0 Å². The van der Waals surface area contributed by atoms with E-state index >= 15 is 0 Å². The third-order valence-electron chi connectivity index (χ3n) is 4.63. The van der Waals surface area contributed by atoms with E-state index in [0.717, 1.165) is 0 Å². The van der Waals surface area contributed by atoms with E-state index < -0.39 is 35.8 Å². The number of methoxy groups -OCH3 is 1. The number of ketones is 2. The van der Waals surface area contributed by atoms with Gasteiger partial charge in [-0.1, -0.05) is 0 Å². The Bertz CT molecular complexity index is 836. The van der Waals surface area contributed by atoms with Crippen molar-refractivity contribution in [2.75, 3.05) is 7.11 Å². The maximum atomic E-state index is 13.0. The predicted molar refractivity (Wildman–Crippen MR) is 79.2 cm³/mol. The summed E-state index contributed by atoms with van der Waals surface area (Å²) in [5.41, 5.74) is 0.478. The van der Waals surface area contributed by atoms with Crippen LogP contribution >= 0.6 is 0 Å². The van der Waals surface area contributed by atoms with Gasteiger partial charge in [0.15, 0.2) is 29.2 Å². The third-order valence-corrected chi connectivity index (χ3v) is 4.63. The van der Waals surface area contributed by atoms with Crippen LogP contribution in [-0.2, 0) is 14.3 Å². The molecular formula is C17H14O7. The number of phenolic OH excluding ortho intramolecular Hbond substituents is 1. The Morgan fingerprint density at radius 3 is 2.62 bits per heavy atom. The molecule has 0 aromatic heterocycles. The van der Waals surface area contributed by atoms with Gasteiger partial charge in [0.2, 0.25) is 0 Å². The molecule has 7 heteroatoms. The first-order chi connectivity index (χ1) is 11.4. The first-order valence-electron chi connectivity index (χ1n) is 7.52. The van der Waals surface area contributed by atoms with Crippen molar-refractivity contribution in [1.29, 1.82) is 0 Å². The van der Waals surface area contributed by atoms with Crippen molar-refractivity contribution in [2.24, 2.45) is 0 Å². The van der Waals surface area contributed by atoms with Gasteiger partial charge in [0.25, 0.3) is 0 Å². The van der Waals surface area contributed by atoms with E-state index in [1.54, 1.807) is 6.92 Å². The minimum Gasteiger partial charge on any atom is -0.504 e. The largest absolute Gasteiger partial charge is 0.504 e. The average molecular weight is 330 g/mol. The van der Waals surface area contributed by atoms with Crippen LogP contribution in [0.15, 0.2) is 23.3 Å². The number of rotatable bonds is 1. The van der Waals surface area contributed by atoms with Gasteiger partial charge in [-0.15, -0.1) is 0 Å². The molecule has 0 radical (unpaired) electrons. The zero-order valence-electron chi connectivity index (χ0n) is 13.0. The Morgan fingerprint density at radius 1 is 1.17 bits per heavy atom. The Kier molecular flexibility index (Phi) is 3.05. The van der Waals surface area contributed by atoms with Crippen molar-refractivity contribution in [3.63, 3.8) is 0 Å². The fraction of sp³-hybridized carbons (Fsp3) is 0.353. The molecule has 0 spiro atoms.